The third-order valence-corrected chi connectivity index (χ3v) is 3.22. The molecule has 2 N–H and O–H groups in total. The number of nitrogens with two attached hydrogens (primary N) is 1. The standard InChI is InChI=1S/C13H20N2O.CH4/c1-16-13-5-3-2-4-11(13)10-15-8-6-12(14)7-9-15;/h2-5,12H,6-10,14H2,1H3;1H4. The lowest BCUT2D eigenvalue weighted by atomic mass is 10.1. The van der Waals surface area contributed by atoms with Gasteiger partial charge in [-0.05, 0) is 32.0 Å². The first-order valence-electron chi connectivity index (χ1n) is 5.89. The zero-order chi connectivity index (χ0) is 11.4. The first-order chi connectivity index (χ1) is 7.79. The Balaban J connectivity index is 0.00000144. The van der Waals surface area contributed by atoms with Gasteiger partial charge in [-0.3, -0.25) is 4.90 Å². The Kier molecular flexibility index (Phi) is 5.45. The van der Waals surface area contributed by atoms with Crippen molar-refractivity contribution in [3.63, 3.8) is 0 Å². The molecule has 0 saturated carbocycles. The maximum atomic E-state index is 5.90. The Morgan fingerprint density at radius 1 is 1.29 bits per heavy atom. The van der Waals surface area contributed by atoms with Crippen LogP contribution in [-0.2, 0) is 6.54 Å². The number of hydrogen-bond donors (Lipinski definition) is 1. The Morgan fingerprint density at radius 2 is 1.94 bits per heavy atom. The molecule has 1 heterocycles. The molecule has 1 aromatic carbocycles. The monoisotopic (exact) mass is 236 g/mol. The Hall–Kier alpha value is -1.06. The number of likely N-dealkylation sites (tertiary alicyclic amines) is 1. The number of ether oxygens (including phenoxy) is 1. The summed E-state index contributed by atoms with van der Waals surface area (Å²) in [6.07, 6.45) is 2.21. The van der Waals surface area contributed by atoms with Crippen molar-refractivity contribution in [2.45, 2.75) is 32.9 Å². The van der Waals surface area contributed by atoms with Crippen LogP contribution < -0.4 is 10.5 Å². The molecule has 0 radical (unpaired) electrons. The molecule has 1 aliphatic rings. The Morgan fingerprint density at radius 3 is 2.59 bits per heavy atom. The molecule has 1 fully saturated rings. The van der Waals surface area contributed by atoms with E-state index in [2.05, 4.69) is 17.0 Å². The second-order valence-electron chi connectivity index (χ2n) is 4.43. The lowest BCUT2D eigenvalue weighted by molar-refractivity contribution is 0.203. The zero-order valence-electron chi connectivity index (χ0n) is 9.86. The molecule has 2 rings (SSSR count). The predicted molar refractivity (Wildman–Crippen MR) is 72.2 cm³/mol. The first-order valence-corrected chi connectivity index (χ1v) is 5.89. The van der Waals surface area contributed by atoms with E-state index in [9.17, 15) is 0 Å². The second-order valence-corrected chi connectivity index (χ2v) is 4.43. The van der Waals surface area contributed by atoms with Gasteiger partial charge in [0, 0.05) is 18.2 Å². The molecule has 17 heavy (non-hydrogen) atoms. The highest BCUT2D eigenvalue weighted by Gasteiger charge is 2.16. The average Bonchev–Trinajstić information content (AvgIpc) is 2.33. The van der Waals surface area contributed by atoms with Crippen molar-refractivity contribution < 1.29 is 4.74 Å². The largest absolute Gasteiger partial charge is 0.496 e. The number of nitrogens with zero attached hydrogens (tertiary/aromatic N) is 1. The van der Waals surface area contributed by atoms with Crippen LogP contribution in [0.1, 0.15) is 25.8 Å². The van der Waals surface area contributed by atoms with Crippen molar-refractivity contribution >= 4 is 0 Å². The summed E-state index contributed by atoms with van der Waals surface area (Å²) in [7, 11) is 1.73. The van der Waals surface area contributed by atoms with E-state index in [0.29, 0.717) is 6.04 Å². The summed E-state index contributed by atoms with van der Waals surface area (Å²) in [5, 5.41) is 0. The number of para-hydroxylation sites is 1. The molecule has 0 amide bonds. The summed E-state index contributed by atoms with van der Waals surface area (Å²) in [4.78, 5) is 2.45. The van der Waals surface area contributed by atoms with Crippen LogP contribution in [-0.4, -0.2) is 31.1 Å². The molecule has 0 bridgehead atoms. The van der Waals surface area contributed by atoms with E-state index >= 15 is 0 Å². The van der Waals surface area contributed by atoms with Crippen LogP contribution in [0.3, 0.4) is 0 Å². The number of hydrogen-bond acceptors (Lipinski definition) is 3. The van der Waals surface area contributed by atoms with Crippen molar-refractivity contribution in [2.75, 3.05) is 20.2 Å². The predicted octanol–water partition coefficient (Wildman–Crippen LogP) is 2.25. The number of rotatable bonds is 3. The molecule has 0 aromatic heterocycles. The van der Waals surface area contributed by atoms with Crippen LogP contribution in [0.15, 0.2) is 24.3 Å². The summed E-state index contributed by atoms with van der Waals surface area (Å²) in [5.41, 5.74) is 7.16. The van der Waals surface area contributed by atoms with Crippen LogP contribution in [0.2, 0.25) is 0 Å². The Bertz CT molecular complexity index is 333. The molecule has 0 spiro atoms. The van der Waals surface area contributed by atoms with Crippen molar-refractivity contribution in [1.82, 2.24) is 4.90 Å². The molecule has 3 heteroatoms. The minimum absolute atomic E-state index is 0. The third-order valence-electron chi connectivity index (χ3n) is 3.22. The van der Waals surface area contributed by atoms with Gasteiger partial charge in [-0.15, -0.1) is 0 Å². The minimum Gasteiger partial charge on any atom is -0.496 e. The number of benzene rings is 1. The topological polar surface area (TPSA) is 38.5 Å². The van der Waals surface area contributed by atoms with Gasteiger partial charge in [0.05, 0.1) is 7.11 Å². The van der Waals surface area contributed by atoms with Crippen molar-refractivity contribution in [1.29, 1.82) is 0 Å². The quantitative estimate of drug-likeness (QED) is 0.875. The summed E-state index contributed by atoms with van der Waals surface area (Å²) < 4.78 is 5.36. The maximum absolute atomic E-state index is 5.90. The van der Waals surface area contributed by atoms with Gasteiger partial charge in [0.2, 0.25) is 0 Å². The number of methoxy groups -OCH3 is 1. The van der Waals surface area contributed by atoms with Gasteiger partial charge in [-0.25, -0.2) is 0 Å². The molecule has 0 unspecified atom stereocenters. The average molecular weight is 236 g/mol. The molecular formula is C14H24N2O. The number of piperidine rings is 1. The van der Waals surface area contributed by atoms with Gasteiger partial charge in [0.1, 0.15) is 5.75 Å². The van der Waals surface area contributed by atoms with Crippen LogP contribution in [0.25, 0.3) is 0 Å². The van der Waals surface area contributed by atoms with E-state index in [1.165, 1.54) is 5.56 Å². The smallest absolute Gasteiger partial charge is 0.123 e. The normalized spacial score (nSPS) is 17.5. The molecule has 1 aromatic rings. The highest BCUT2D eigenvalue weighted by atomic mass is 16.5. The zero-order valence-corrected chi connectivity index (χ0v) is 9.86. The molecular weight excluding hydrogens is 212 g/mol. The van der Waals surface area contributed by atoms with E-state index < -0.39 is 0 Å². The molecule has 3 nitrogen and oxygen atoms in total. The van der Waals surface area contributed by atoms with Gasteiger partial charge in [0.15, 0.2) is 0 Å². The van der Waals surface area contributed by atoms with Crippen LogP contribution in [0.4, 0.5) is 0 Å². The van der Waals surface area contributed by atoms with Gasteiger partial charge in [-0.1, -0.05) is 25.6 Å². The SMILES string of the molecule is C.COc1ccccc1CN1CCC(N)CC1. The van der Waals surface area contributed by atoms with Gasteiger partial charge in [0.25, 0.3) is 0 Å². The van der Waals surface area contributed by atoms with E-state index in [0.717, 1.165) is 38.2 Å². The molecule has 96 valence electrons. The third kappa shape index (κ3) is 3.72. The molecule has 0 atom stereocenters. The van der Waals surface area contributed by atoms with E-state index in [-0.39, 0.29) is 7.43 Å². The summed E-state index contributed by atoms with van der Waals surface area (Å²) in [5.74, 6) is 0.984. The van der Waals surface area contributed by atoms with Gasteiger partial charge in [-0.2, -0.15) is 0 Å². The lowest BCUT2D eigenvalue weighted by Crippen LogP contribution is -2.39. The molecule has 1 aliphatic heterocycles. The van der Waals surface area contributed by atoms with E-state index in [4.69, 9.17) is 10.5 Å². The second kappa shape index (κ2) is 6.62. The first kappa shape index (κ1) is 14.0. The van der Waals surface area contributed by atoms with Crippen molar-refractivity contribution in [2.24, 2.45) is 5.73 Å². The maximum Gasteiger partial charge on any atom is 0.123 e. The van der Waals surface area contributed by atoms with Crippen LogP contribution in [0, 0.1) is 0 Å². The Labute approximate surface area is 105 Å². The summed E-state index contributed by atoms with van der Waals surface area (Å²) in [6, 6.07) is 8.62. The fraction of sp³-hybridized carbons (Fsp3) is 0.571. The van der Waals surface area contributed by atoms with E-state index in [1.807, 2.05) is 12.1 Å². The van der Waals surface area contributed by atoms with Crippen molar-refractivity contribution in [3.05, 3.63) is 29.8 Å². The van der Waals surface area contributed by atoms with Gasteiger partial charge < -0.3 is 10.5 Å². The highest BCUT2D eigenvalue weighted by Crippen LogP contribution is 2.20. The summed E-state index contributed by atoms with van der Waals surface area (Å²) >= 11 is 0. The molecule has 0 aliphatic carbocycles. The van der Waals surface area contributed by atoms with Crippen molar-refractivity contribution in [3.8, 4) is 5.75 Å². The summed E-state index contributed by atoms with van der Waals surface area (Å²) in [6.45, 7) is 3.16. The lowest BCUT2D eigenvalue weighted by Gasteiger charge is -2.30. The fourth-order valence-electron chi connectivity index (χ4n) is 2.19. The molecule has 1 saturated heterocycles. The van der Waals surface area contributed by atoms with Crippen LogP contribution >= 0.6 is 0 Å². The van der Waals surface area contributed by atoms with Gasteiger partial charge >= 0.3 is 0 Å². The van der Waals surface area contributed by atoms with Crippen LogP contribution in [0.5, 0.6) is 5.75 Å². The minimum atomic E-state index is 0. The van der Waals surface area contributed by atoms with E-state index in [1.54, 1.807) is 7.11 Å². The fourth-order valence-corrected chi connectivity index (χ4v) is 2.19. The highest BCUT2D eigenvalue weighted by molar-refractivity contribution is 5.33.